The van der Waals surface area contributed by atoms with Gasteiger partial charge < -0.3 is 10.2 Å². The van der Waals surface area contributed by atoms with E-state index >= 15 is 0 Å². The molecular weight excluding hydrogens is 200 g/mol. The fraction of sp³-hybridized carbons (Fsp3) is 0.462. The van der Waals surface area contributed by atoms with Crippen LogP contribution in [0.4, 0.5) is 0 Å². The largest absolute Gasteiger partial charge is 0.399 e. The van der Waals surface area contributed by atoms with Crippen LogP contribution in [0.2, 0.25) is 0 Å². The van der Waals surface area contributed by atoms with E-state index in [9.17, 15) is 0 Å². The van der Waals surface area contributed by atoms with Crippen molar-refractivity contribution in [3.63, 3.8) is 0 Å². The van der Waals surface area contributed by atoms with Gasteiger partial charge in [0.2, 0.25) is 0 Å². The van der Waals surface area contributed by atoms with E-state index in [2.05, 4.69) is 34.7 Å². The minimum Gasteiger partial charge on any atom is -0.399 e. The number of rotatable bonds is 3. The van der Waals surface area contributed by atoms with Gasteiger partial charge in [0.25, 0.3) is 0 Å². The molecule has 3 heteroatoms. The van der Waals surface area contributed by atoms with E-state index in [0.717, 1.165) is 18.2 Å². The molecule has 3 atom stereocenters. The summed E-state index contributed by atoms with van der Waals surface area (Å²) in [7, 11) is 1.62. The molecule has 3 aliphatic rings. The molecule has 1 aromatic carbocycles. The summed E-state index contributed by atoms with van der Waals surface area (Å²) in [6, 6.07) is 11.0. The zero-order chi connectivity index (χ0) is 11.0. The molecule has 0 spiro atoms. The summed E-state index contributed by atoms with van der Waals surface area (Å²) < 4.78 is 0. The highest BCUT2D eigenvalue weighted by Gasteiger charge is 2.49. The van der Waals surface area contributed by atoms with Crippen molar-refractivity contribution in [3.05, 3.63) is 35.9 Å². The minimum atomic E-state index is 0.544. The number of oxime groups is 1. The highest BCUT2D eigenvalue weighted by atomic mass is 16.6. The third-order valence-electron chi connectivity index (χ3n) is 3.72. The van der Waals surface area contributed by atoms with Crippen molar-refractivity contribution in [2.24, 2.45) is 17.0 Å². The van der Waals surface area contributed by atoms with Gasteiger partial charge in [-0.3, -0.25) is 0 Å². The molecule has 3 unspecified atom stereocenters. The Morgan fingerprint density at radius 2 is 2.19 bits per heavy atom. The van der Waals surface area contributed by atoms with Crippen LogP contribution in [0, 0.1) is 11.8 Å². The maximum Gasteiger partial charge on any atom is 0.106 e. The molecule has 1 saturated carbocycles. The Balaban J connectivity index is 1.91. The number of nitrogens with zero attached hydrogens (tertiary/aromatic N) is 1. The number of nitrogens with one attached hydrogen (secondary N) is 1. The van der Waals surface area contributed by atoms with Crippen LogP contribution in [0.1, 0.15) is 12.0 Å². The van der Waals surface area contributed by atoms with Crippen LogP contribution in [-0.2, 0) is 4.84 Å². The summed E-state index contributed by atoms with van der Waals surface area (Å²) in [6.45, 7) is 1.13. The molecule has 1 N–H and O–H groups in total. The van der Waals surface area contributed by atoms with Gasteiger partial charge in [-0.2, -0.15) is 0 Å². The lowest BCUT2D eigenvalue weighted by Gasteiger charge is -2.35. The number of hydrogen-bond acceptors (Lipinski definition) is 3. The monoisotopic (exact) mass is 216 g/mol. The lowest BCUT2D eigenvalue weighted by atomic mass is 9.70. The van der Waals surface area contributed by atoms with Crippen LogP contribution in [0.15, 0.2) is 35.5 Å². The molecule has 84 valence electrons. The van der Waals surface area contributed by atoms with Gasteiger partial charge in [-0.25, -0.2) is 0 Å². The maximum atomic E-state index is 5.00. The van der Waals surface area contributed by atoms with Crippen molar-refractivity contribution in [2.45, 2.75) is 12.5 Å². The fourth-order valence-corrected chi connectivity index (χ4v) is 2.90. The van der Waals surface area contributed by atoms with Crippen LogP contribution >= 0.6 is 0 Å². The second kappa shape index (κ2) is 3.91. The van der Waals surface area contributed by atoms with E-state index < -0.39 is 0 Å². The fourth-order valence-electron chi connectivity index (χ4n) is 2.90. The summed E-state index contributed by atoms with van der Waals surface area (Å²) in [5.74, 6) is 1.29. The van der Waals surface area contributed by atoms with Crippen molar-refractivity contribution in [3.8, 4) is 0 Å². The molecule has 16 heavy (non-hydrogen) atoms. The normalized spacial score (nSPS) is 32.3. The Bertz CT molecular complexity index is 388. The van der Waals surface area contributed by atoms with E-state index in [-0.39, 0.29) is 0 Å². The van der Waals surface area contributed by atoms with E-state index in [1.165, 1.54) is 12.0 Å². The molecule has 0 radical (unpaired) electrons. The second-order valence-electron chi connectivity index (χ2n) is 4.56. The molecule has 1 aromatic rings. The molecule has 0 amide bonds. The molecule has 0 aromatic heterocycles. The van der Waals surface area contributed by atoms with Gasteiger partial charge in [0.1, 0.15) is 7.11 Å². The molecule has 2 aliphatic heterocycles. The van der Waals surface area contributed by atoms with Crippen LogP contribution in [0.5, 0.6) is 0 Å². The zero-order valence-electron chi connectivity index (χ0n) is 9.39. The number of hydrogen-bond donors (Lipinski definition) is 1. The molecule has 2 saturated heterocycles. The highest BCUT2D eigenvalue weighted by molar-refractivity contribution is 6.03. The highest BCUT2D eigenvalue weighted by Crippen LogP contribution is 2.42. The SMILES string of the molecule is CON=C(c1ccccc1)C1C2CNC1C2. The molecular formula is C13H16N2O. The van der Waals surface area contributed by atoms with Crippen molar-refractivity contribution < 1.29 is 4.84 Å². The second-order valence-corrected chi connectivity index (χ2v) is 4.56. The Morgan fingerprint density at radius 1 is 1.38 bits per heavy atom. The first-order valence-electron chi connectivity index (χ1n) is 5.80. The van der Waals surface area contributed by atoms with Crippen LogP contribution in [0.3, 0.4) is 0 Å². The first kappa shape index (κ1) is 9.85. The summed E-state index contributed by atoms with van der Waals surface area (Å²) >= 11 is 0. The van der Waals surface area contributed by atoms with Gasteiger partial charge in [0.15, 0.2) is 0 Å². The van der Waals surface area contributed by atoms with Crippen molar-refractivity contribution in [1.29, 1.82) is 0 Å². The maximum absolute atomic E-state index is 5.00. The van der Waals surface area contributed by atoms with Crippen molar-refractivity contribution in [1.82, 2.24) is 5.32 Å². The Hall–Kier alpha value is -1.35. The average Bonchev–Trinajstić information content (AvgIpc) is 2.92. The first-order valence-corrected chi connectivity index (χ1v) is 5.80. The summed E-state index contributed by atoms with van der Waals surface area (Å²) in [5.41, 5.74) is 2.29. The summed E-state index contributed by atoms with van der Waals surface area (Å²) in [6.07, 6.45) is 1.29. The quantitative estimate of drug-likeness (QED) is 0.615. The van der Waals surface area contributed by atoms with Gasteiger partial charge >= 0.3 is 0 Å². The molecule has 2 bridgehead atoms. The molecule has 4 rings (SSSR count). The Labute approximate surface area is 95.5 Å². The van der Waals surface area contributed by atoms with Crippen LogP contribution in [-0.4, -0.2) is 25.4 Å². The van der Waals surface area contributed by atoms with Gasteiger partial charge in [-0.1, -0.05) is 35.5 Å². The lowest BCUT2D eigenvalue weighted by molar-refractivity contribution is 0.203. The van der Waals surface area contributed by atoms with Gasteiger partial charge in [-0.05, 0) is 24.4 Å². The van der Waals surface area contributed by atoms with Gasteiger partial charge in [-0.15, -0.1) is 0 Å². The standard InChI is InChI=1S/C13H16N2O/c1-16-15-13(9-5-3-2-4-6-9)12-10-7-11(12)14-8-10/h2-6,10-12,14H,7-8H2,1H3. The van der Waals surface area contributed by atoms with E-state index in [4.69, 9.17) is 4.84 Å². The minimum absolute atomic E-state index is 0.544. The van der Waals surface area contributed by atoms with Crippen molar-refractivity contribution >= 4 is 5.71 Å². The predicted octanol–water partition coefficient (Wildman–Crippen LogP) is 1.64. The zero-order valence-corrected chi connectivity index (χ0v) is 9.39. The third kappa shape index (κ3) is 1.43. The van der Waals surface area contributed by atoms with Crippen molar-refractivity contribution in [2.75, 3.05) is 13.7 Å². The van der Waals surface area contributed by atoms with Gasteiger partial charge in [0.05, 0.1) is 5.71 Å². The lowest BCUT2D eigenvalue weighted by Crippen LogP contribution is -2.42. The molecule has 3 fully saturated rings. The topological polar surface area (TPSA) is 33.6 Å². The van der Waals surface area contributed by atoms with Crippen LogP contribution < -0.4 is 5.32 Å². The summed E-state index contributed by atoms with van der Waals surface area (Å²) in [4.78, 5) is 5.00. The first-order chi connectivity index (χ1) is 7.90. The van der Waals surface area contributed by atoms with Gasteiger partial charge in [0, 0.05) is 12.0 Å². The summed E-state index contributed by atoms with van der Waals surface area (Å²) in [5, 5.41) is 7.75. The third-order valence-corrected chi connectivity index (χ3v) is 3.72. The van der Waals surface area contributed by atoms with E-state index in [1.54, 1.807) is 7.11 Å². The number of benzene rings is 1. The average molecular weight is 216 g/mol. The van der Waals surface area contributed by atoms with E-state index in [1.807, 2.05) is 6.07 Å². The Morgan fingerprint density at radius 3 is 2.75 bits per heavy atom. The molecule has 1 aliphatic carbocycles. The Kier molecular flexibility index (Phi) is 2.40. The molecule has 2 heterocycles. The van der Waals surface area contributed by atoms with E-state index in [0.29, 0.717) is 12.0 Å². The molecule has 3 nitrogen and oxygen atoms in total. The predicted molar refractivity (Wildman–Crippen MR) is 63.4 cm³/mol. The number of fused-ring (bicyclic) bond motifs is 1. The van der Waals surface area contributed by atoms with Crippen LogP contribution in [0.25, 0.3) is 0 Å². The smallest absolute Gasteiger partial charge is 0.106 e.